The molecule has 1 saturated heterocycles. The van der Waals surface area contributed by atoms with Gasteiger partial charge in [0.1, 0.15) is 11.4 Å². The molecule has 0 aliphatic carbocycles. The van der Waals surface area contributed by atoms with Gasteiger partial charge in [-0.3, -0.25) is 4.79 Å². The second-order valence-electron chi connectivity index (χ2n) is 9.12. The number of hydrogen-bond donors (Lipinski definition) is 1. The van der Waals surface area contributed by atoms with Crippen molar-refractivity contribution < 1.29 is 14.6 Å². The van der Waals surface area contributed by atoms with Gasteiger partial charge in [0, 0.05) is 31.5 Å². The van der Waals surface area contributed by atoms with Crippen molar-refractivity contribution in [3.63, 3.8) is 0 Å². The molecule has 4 heterocycles. The molecule has 1 fully saturated rings. The van der Waals surface area contributed by atoms with Gasteiger partial charge in [-0.1, -0.05) is 59.4 Å². The summed E-state index contributed by atoms with van der Waals surface area (Å²) >= 11 is 1.48. The predicted octanol–water partition coefficient (Wildman–Crippen LogP) is 4.05. The van der Waals surface area contributed by atoms with E-state index in [1.54, 1.807) is 6.20 Å². The summed E-state index contributed by atoms with van der Waals surface area (Å²) in [6.07, 6.45) is 5.70. The van der Waals surface area contributed by atoms with Gasteiger partial charge in [-0.15, -0.1) is 10.2 Å². The van der Waals surface area contributed by atoms with Crippen molar-refractivity contribution in [2.45, 2.75) is 31.9 Å². The maximum Gasteiger partial charge on any atom is 0.327 e. The minimum absolute atomic E-state index is 0.325. The Bertz CT molecular complexity index is 1450. The number of hydrogen-bond acceptors (Lipinski definition) is 8. The molecule has 6 rings (SSSR count). The molecular formula is C26H24N6O3S. The number of benzene rings is 2. The zero-order valence-corrected chi connectivity index (χ0v) is 20.5. The maximum atomic E-state index is 10.9. The minimum atomic E-state index is -1.02. The first-order chi connectivity index (χ1) is 17.5. The second-order valence-corrected chi connectivity index (χ2v) is 10.1. The highest BCUT2D eigenvalue weighted by Crippen LogP contribution is 2.44. The molecule has 4 aromatic rings. The normalized spacial score (nSPS) is 16.4. The smallest absolute Gasteiger partial charge is 0.327 e. The third-order valence-corrected chi connectivity index (χ3v) is 7.64. The van der Waals surface area contributed by atoms with Crippen molar-refractivity contribution in [1.29, 1.82) is 0 Å². The number of carbonyl (C=O) groups is 1. The number of aliphatic carboxylic acids is 1. The standard InChI is InChI=1S/C26H24N6O3S/c1-17-6-8-18(9-7-17)20-14-26(35-21-5-3-2-4-19(20)21)10-12-31(13-11-26)25-27-15-22(36-25)24-28-30-32(29-24)16-23(33)34/h2-9,14-15H,10-13,16H2,1H3,(H,33,34). The van der Waals surface area contributed by atoms with Crippen molar-refractivity contribution in [1.82, 2.24) is 25.2 Å². The fraction of sp³-hybridized carbons (Fsp3) is 0.269. The van der Waals surface area contributed by atoms with Crippen LogP contribution in [0.2, 0.25) is 0 Å². The number of anilines is 1. The topological polar surface area (TPSA) is 106 Å². The molecule has 2 aliphatic rings. The number of para-hydroxylation sites is 1. The molecule has 1 N–H and O–H groups in total. The molecule has 0 atom stereocenters. The summed E-state index contributed by atoms with van der Waals surface area (Å²) < 4.78 is 6.63. The monoisotopic (exact) mass is 500 g/mol. The van der Waals surface area contributed by atoms with Crippen molar-refractivity contribution >= 4 is 28.0 Å². The van der Waals surface area contributed by atoms with E-state index in [0.29, 0.717) is 5.82 Å². The highest BCUT2D eigenvalue weighted by atomic mass is 32.1. The third kappa shape index (κ3) is 4.24. The van der Waals surface area contributed by atoms with E-state index in [1.807, 2.05) is 6.07 Å². The van der Waals surface area contributed by atoms with Crippen LogP contribution in [0, 0.1) is 6.92 Å². The molecule has 2 aliphatic heterocycles. The number of carboxylic acid groups (broad SMARTS) is 1. The number of piperidine rings is 1. The van der Waals surface area contributed by atoms with E-state index in [1.165, 1.54) is 28.0 Å². The number of nitrogens with zero attached hydrogens (tertiary/aromatic N) is 6. The second kappa shape index (κ2) is 8.87. The lowest BCUT2D eigenvalue weighted by Crippen LogP contribution is -2.48. The fourth-order valence-corrected chi connectivity index (χ4v) is 5.60. The third-order valence-electron chi connectivity index (χ3n) is 6.58. The minimum Gasteiger partial charge on any atom is -0.482 e. The summed E-state index contributed by atoms with van der Waals surface area (Å²) in [6.45, 7) is 3.37. The first-order valence-electron chi connectivity index (χ1n) is 11.8. The summed E-state index contributed by atoms with van der Waals surface area (Å²) in [5, 5.41) is 21.7. The predicted molar refractivity (Wildman–Crippen MR) is 136 cm³/mol. The van der Waals surface area contributed by atoms with Gasteiger partial charge < -0.3 is 14.7 Å². The van der Waals surface area contributed by atoms with E-state index in [2.05, 4.69) is 80.8 Å². The summed E-state index contributed by atoms with van der Waals surface area (Å²) in [5.41, 5.74) is 4.42. The van der Waals surface area contributed by atoms with Crippen LogP contribution in [-0.2, 0) is 11.3 Å². The van der Waals surface area contributed by atoms with Gasteiger partial charge >= 0.3 is 5.97 Å². The van der Waals surface area contributed by atoms with E-state index in [-0.39, 0.29) is 12.1 Å². The lowest BCUT2D eigenvalue weighted by molar-refractivity contribution is -0.138. The largest absolute Gasteiger partial charge is 0.482 e. The number of fused-ring (bicyclic) bond motifs is 1. The Morgan fingerprint density at radius 2 is 1.92 bits per heavy atom. The fourth-order valence-electron chi connectivity index (χ4n) is 4.71. The maximum absolute atomic E-state index is 10.9. The lowest BCUT2D eigenvalue weighted by Gasteiger charge is -2.43. The summed E-state index contributed by atoms with van der Waals surface area (Å²) in [4.78, 5) is 19.5. The molecule has 0 radical (unpaired) electrons. The van der Waals surface area contributed by atoms with Crippen molar-refractivity contribution in [2.75, 3.05) is 18.0 Å². The number of aromatic nitrogens is 5. The molecular weight excluding hydrogens is 476 g/mol. The van der Waals surface area contributed by atoms with Crippen molar-refractivity contribution in [3.05, 3.63) is 77.5 Å². The van der Waals surface area contributed by atoms with Crippen LogP contribution < -0.4 is 9.64 Å². The van der Waals surface area contributed by atoms with E-state index in [9.17, 15) is 4.79 Å². The van der Waals surface area contributed by atoms with Crippen molar-refractivity contribution in [3.8, 4) is 16.5 Å². The van der Waals surface area contributed by atoms with E-state index in [4.69, 9.17) is 9.84 Å². The summed E-state index contributed by atoms with van der Waals surface area (Å²) in [7, 11) is 0. The molecule has 0 bridgehead atoms. The van der Waals surface area contributed by atoms with Gasteiger partial charge in [0.05, 0.1) is 11.1 Å². The number of rotatable bonds is 5. The lowest BCUT2D eigenvalue weighted by atomic mass is 9.83. The van der Waals surface area contributed by atoms with Crippen LogP contribution in [0.4, 0.5) is 5.13 Å². The van der Waals surface area contributed by atoms with Crippen LogP contribution in [0.15, 0.2) is 60.8 Å². The molecule has 36 heavy (non-hydrogen) atoms. The van der Waals surface area contributed by atoms with Crippen LogP contribution in [0.25, 0.3) is 16.3 Å². The zero-order chi connectivity index (χ0) is 24.7. The molecule has 2 aromatic heterocycles. The average molecular weight is 501 g/mol. The molecule has 10 heteroatoms. The first-order valence-corrected chi connectivity index (χ1v) is 12.6. The molecule has 1 spiro atoms. The molecule has 2 aromatic carbocycles. The van der Waals surface area contributed by atoms with E-state index < -0.39 is 5.97 Å². The Hall–Kier alpha value is -4.05. The van der Waals surface area contributed by atoms with E-state index >= 15 is 0 Å². The Labute approximate surface area is 211 Å². The highest BCUT2D eigenvalue weighted by molar-refractivity contribution is 7.18. The Balaban J connectivity index is 1.22. The van der Waals surface area contributed by atoms with Gasteiger partial charge in [0.2, 0.25) is 5.82 Å². The number of carboxylic acids is 1. The van der Waals surface area contributed by atoms with Gasteiger partial charge in [-0.2, -0.15) is 4.80 Å². The Kier molecular flexibility index (Phi) is 5.52. The quantitative estimate of drug-likeness (QED) is 0.437. The number of tetrazole rings is 1. The SMILES string of the molecule is Cc1ccc(C2=CC3(CCN(c4ncc(-c5nnn(CC(=O)O)n5)s4)CC3)Oc3ccccc32)cc1. The average Bonchev–Trinajstić information content (AvgIpc) is 3.54. The number of thiazole rings is 1. The van der Waals surface area contributed by atoms with Crippen LogP contribution in [0.3, 0.4) is 0 Å². The van der Waals surface area contributed by atoms with Crippen molar-refractivity contribution in [2.24, 2.45) is 0 Å². The Morgan fingerprint density at radius 3 is 2.69 bits per heavy atom. The van der Waals surface area contributed by atoms with Crippen LogP contribution in [0.1, 0.15) is 29.5 Å². The van der Waals surface area contributed by atoms with Gasteiger partial charge in [0.15, 0.2) is 11.7 Å². The summed E-state index contributed by atoms with van der Waals surface area (Å²) in [5.74, 6) is 0.292. The van der Waals surface area contributed by atoms with Gasteiger partial charge in [-0.25, -0.2) is 4.98 Å². The Morgan fingerprint density at radius 1 is 1.14 bits per heavy atom. The molecule has 0 amide bonds. The highest BCUT2D eigenvalue weighted by Gasteiger charge is 2.39. The molecule has 0 saturated carbocycles. The molecule has 0 unspecified atom stereocenters. The van der Waals surface area contributed by atoms with E-state index in [0.717, 1.165) is 52.0 Å². The van der Waals surface area contributed by atoms with Crippen LogP contribution >= 0.6 is 11.3 Å². The molecule has 182 valence electrons. The van der Waals surface area contributed by atoms with Gasteiger partial charge in [-0.05, 0) is 35.4 Å². The van der Waals surface area contributed by atoms with Crippen LogP contribution in [-0.4, -0.2) is 55.0 Å². The zero-order valence-electron chi connectivity index (χ0n) is 19.7. The number of ether oxygens (including phenoxy) is 1. The van der Waals surface area contributed by atoms with Crippen LogP contribution in [0.5, 0.6) is 5.75 Å². The van der Waals surface area contributed by atoms with Gasteiger partial charge in [0.25, 0.3) is 0 Å². The number of aryl methyl sites for hydroxylation is 1. The molecule has 9 nitrogen and oxygen atoms in total. The first kappa shape index (κ1) is 22.4. The summed E-state index contributed by atoms with van der Waals surface area (Å²) in [6, 6.07) is 16.9.